The number of ether oxygens (including phenoxy) is 1. The molecule has 130 valence electrons. The molecule has 0 saturated heterocycles. The van der Waals surface area contributed by atoms with Gasteiger partial charge in [0.25, 0.3) is 0 Å². The van der Waals surface area contributed by atoms with Crippen molar-refractivity contribution in [1.82, 2.24) is 9.88 Å². The second-order valence-electron chi connectivity index (χ2n) is 6.38. The van der Waals surface area contributed by atoms with E-state index >= 15 is 0 Å². The Morgan fingerprint density at radius 2 is 2.04 bits per heavy atom. The van der Waals surface area contributed by atoms with E-state index < -0.39 is 0 Å². The molecule has 5 heteroatoms. The summed E-state index contributed by atoms with van der Waals surface area (Å²) in [5.74, 6) is 1.59. The van der Waals surface area contributed by atoms with E-state index in [1.54, 1.807) is 7.11 Å². The molecule has 0 saturated carbocycles. The fourth-order valence-electron chi connectivity index (χ4n) is 3.71. The van der Waals surface area contributed by atoms with Crippen molar-refractivity contribution in [2.75, 3.05) is 7.11 Å². The molecule has 4 aromatic rings. The Morgan fingerprint density at radius 3 is 2.92 bits per heavy atom. The Labute approximate surface area is 155 Å². The summed E-state index contributed by atoms with van der Waals surface area (Å²) >= 11 is 6.45. The Morgan fingerprint density at radius 1 is 1.15 bits per heavy atom. The summed E-state index contributed by atoms with van der Waals surface area (Å²) in [6, 6.07) is 18.1. The van der Waals surface area contributed by atoms with E-state index in [0.717, 1.165) is 44.4 Å². The summed E-state index contributed by atoms with van der Waals surface area (Å²) in [5, 5.41) is 5.39. The normalized spacial score (nSPS) is 16.2. The van der Waals surface area contributed by atoms with E-state index in [0.29, 0.717) is 6.54 Å². The SMILES string of the molecule is COc1cccc2cc(C3NCc4c(Cl)cccc4-n4cccc43)oc12. The lowest BCUT2D eigenvalue weighted by molar-refractivity contribution is 0.402. The molecule has 0 aliphatic carbocycles. The highest BCUT2D eigenvalue weighted by molar-refractivity contribution is 6.31. The average molecular weight is 365 g/mol. The van der Waals surface area contributed by atoms with Crippen LogP contribution in [0.1, 0.15) is 23.1 Å². The van der Waals surface area contributed by atoms with E-state index in [4.69, 9.17) is 20.8 Å². The van der Waals surface area contributed by atoms with Gasteiger partial charge in [-0.1, -0.05) is 29.8 Å². The molecule has 0 amide bonds. The van der Waals surface area contributed by atoms with Gasteiger partial charge in [0.15, 0.2) is 11.3 Å². The molecular formula is C21H17ClN2O2. The van der Waals surface area contributed by atoms with Crippen LogP contribution < -0.4 is 10.1 Å². The molecule has 5 rings (SSSR count). The van der Waals surface area contributed by atoms with Gasteiger partial charge < -0.3 is 13.7 Å². The molecule has 2 aromatic carbocycles. The van der Waals surface area contributed by atoms with Crippen molar-refractivity contribution in [3.8, 4) is 11.4 Å². The number of halogens is 1. The van der Waals surface area contributed by atoms with Crippen molar-refractivity contribution in [2.45, 2.75) is 12.6 Å². The van der Waals surface area contributed by atoms with Crippen molar-refractivity contribution >= 4 is 22.6 Å². The summed E-state index contributed by atoms with van der Waals surface area (Å²) < 4.78 is 13.8. The van der Waals surface area contributed by atoms with Gasteiger partial charge in [-0.2, -0.15) is 0 Å². The van der Waals surface area contributed by atoms with Crippen LogP contribution in [0, 0.1) is 0 Å². The van der Waals surface area contributed by atoms with Gasteiger partial charge in [-0.15, -0.1) is 0 Å². The third kappa shape index (κ3) is 2.26. The first-order valence-corrected chi connectivity index (χ1v) is 8.89. The maximum absolute atomic E-state index is 6.45. The van der Waals surface area contributed by atoms with Crippen LogP contribution in [0.5, 0.6) is 5.75 Å². The maximum Gasteiger partial charge on any atom is 0.176 e. The van der Waals surface area contributed by atoms with E-state index in [9.17, 15) is 0 Å². The van der Waals surface area contributed by atoms with Crippen molar-refractivity contribution < 1.29 is 9.15 Å². The van der Waals surface area contributed by atoms with Gasteiger partial charge in [0, 0.05) is 34.4 Å². The summed E-state index contributed by atoms with van der Waals surface area (Å²) in [6.45, 7) is 0.662. The van der Waals surface area contributed by atoms with Gasteiger partial charge in [-0.3, -0.25) is 5.32 Å². The number of hydrogen-bond acceptors (Lipinski definition) is 3. The topological polar surface area (TPSA) is 39.3 Å². The highest BCUT2D eigenvalue weighted by Gasteiger charge is 2.26. The Kier molecular flexibility index (Phi) is 3.55. The van der Waals surface area contributed by atoms with Crippen LogP contribution in [-0.4, -0.2) is 11.7 Å². The van der Waals surface area contributed by atoms with Crippen molar-refractivity contribution in [2.24, 2.45) is 0 Å². The van der Waals surface area contributed by atoms with Crippen LogP contribution in [0.3, 0.4) is 0 Å². The average Bonchev–Trinajstić information content (AvgIpc) is 3.27. The first-order valence-electron chi connectivity index (χ1n) is 8.51. The molecular weight excluding hydrogens is 348 g/mol. The minimum absolute atomic E-state index is 0.0782. The predicted octanol–water partition coefficient (Wildman–Crippen LogP) is 5.08. The van der Waals surface area contributed by atoms with Gasteiger partial charge >= 0.3 is 0 Å². The molecule has 1 atom stereocenters. The number of benzene rings is 2. The van der Waals surface area contributed by atoms with Crippen LogP contribution in [0.25, 0.3) is 16.7 Å². The monoisotopic (exact) mass is 364 g/mol. The number of nitrogens with zero attached hydrogens (tertiary/aromatic N) is 1. The van der Waals surface area contributed by atoms with E-state index in [-0.39, 0.29) is 6.04 Å². The molecule has 1 aliphatic heterocycles. The molecule has 0 bridgehead atoms. The summed E-state index contributed by atoms with van der Waals surface area (Å²) in [7, 11) is 1.66. The van der Waals surface area contributed by atoms with Gasteiger partial charge in [0.05, 0.1) is 12.8 Å². The van der Waals surface area contributed by atoms with Crippen LogP contribution in [0.4, 0.5) is 0 Å². The molecule has 0 fully saturated rings. The quantitative estimate of drug-likeness (QED) is 0.539. The van der Waals surface area contributed by atoms with Gasteiger partial charge in [0.2, 0.25) is 0 Å². The number of fused-ring (bicyclic) bond motifs is 4. The summed E-state index contributed by atoms with van der Waals surface area (Å²) in [6.07, 6.45) is 2.06. The van der Waals surface area contributed by atoms with Crippen LogP contribution >= 0.6 is 11.6 Å². The number of nitrogens with one attached hydrogen (secondary N) is 1. The zero-order chi connectivity index (χ0) is 17.7. The largest absolute Gasteiger partial charge is 0.493 e. The van der Waals surface area contributed by atoms with Crippen LogP contribution in [0.15, 0.2) is 65.2 Å². The molecule has 3 heterocycles. The maximum atomic E-state index is 6.45. The first kappa shape index (κ1) is 15.6. The number of methoxy groups -OCH3 is 1. The molecule has 26 heavy (non-hydrogen) atoms. The number of aromatic nitrogens is 1. The number of hydrogen-bond donors (Lipinski definition) is 1. The van der Waals surface area contributed by atoms with Crippen LogP contribution in [0.2, 0.25) is 5.02 Å². The first-order chi connectivity index (χ1) is 12.8. The molecule has 1 N–H and O–H groups in total. The zero-order valence-corrected chi connectivity index (χ0v) is 15.0. The van der Waals surface area contributed by atoms with Gasteiger partial charge in [-0.25, -0.2) is 0 Å². The Bertz CT molecular complexity index is 1110. The Balaban J connectivity index is 1.67. The molecule has 1 unspecified atom stereocenters. The molecule has 0 radical (unpaired) electrons. The fourth-order valence-corrected chi connectivity index (χ4v) is 3.95. The Hall–Kier alpha value is -2.69. The van der Waals surface area contributed by atoms with Gasteiger partial charge in [0.1, 0.15) is 11.8 Å². The minimum atomic E-state index is -0.0782. The second-order valence-corrected chi connectivity index (χ2v) is 6.79. The van der Waals surface area contributed by atoms with Crippen molar-refractivity contribution in [3.63, 3.8) is 0 Å². The summed E-state index contributed by atoms with van der Waals surface area (Å²) in [4.78, 5) is 0. The van der Waals surface area contributed by atoms with Crippen LogP contribution in [-0.2, 0) is 6.54 Å². The minimum Gasteiger partial charge on any atom is -0.493 e. The molecule has 1 aliphatic rings. The number of para-hydroxylation sites is 1. The lowest BCUT2D eigenvalue weighted by atomic mass is 10.1. The van der Waals surface area contributed by atoms with Crippen molar-refractivity contribution in [1.29, 1.82) is 0 Å². The smallest absolute Gasteiger partial charge is 0.176 e. The summed E-state index contributed by atoms with van der Waals surface area (Å²) in [5.41, 5.74) is 4.07. The lowest BCUT2D eigenvalue weighted by Crippen LogP contribution is -2.20. The standard InChI is InChI=1S/C21H17ClN2O2/c1-25-18-9-2-5-13-11-19(26-21(13)18)20-17-8-4-10-24(17)16-7-3-6-15(22)14(16)12-23-20/h2-11,20,23H,12H2,1H3. The number of rotatable bonds is 2. The molecule has 2 aromatic heterocycles. The van der Waals surface area contributed by atoms with Gasteiger partial charge in [-0.05, 0) is 36.4 Å². The van der Waals surface area contributed by atoms with E-state index in [1.807, 2.05) is 36.4 Å². The van der Waals surface area contributed by atoms with Crippen molar-refractivity contribution in [3.05, 3.63) is 82.8 Å². The molecule has 4 nitrogen and oxygen atoms in total. The lowest BCUT2D eigenvalue weighted by Gasteiger charge is -2.15. The second kappa shape index (κ2) is 5.94. The predicted molar refractivity (Wildman–Crippen MR) is 102 cm³/mol. The highest BCUT2D eigenvalue weighted by Crippen LogP contribution is 2.37. The third-order valence-electron chi connectivity index (χ3n) is 4.94. The number of furan rings is 1. The fraction of sp³-hybridized carbons (Fsp3) is 0.143. The van der Waals surface area contributed by atoms with E-state index in [1.165, 1.54) is 0 Å². The third-order valence-corrected chi connectivity index (χ3v) is 5.30. The van der Waals surface area contributed by atoms with E-state index in [2.05, 4.69) is 34.3 Å². The molecule has 0 spiro atoms. The highest BCUT2D eigenvalue weighted by atomic mass is 35.5. The zero-order valence-electron chi connectivity index (χ0n) is 14.2.